The van der Waals surface area contributed by atoms with E-state index in [0.717, 1.165) is 37.6 Å². The van der Waals surface area contributed by atoms with Crippen LogP contribution in [0.2, 0.25) is 0 Å². The highest BCUT2D eigenvalue weighted by Crippen LogP contribution is 2.57. The third kappa shape index (κ3) is 3.98. The van der Waals surface area contributed by atoms with Crippen molar-refractivity contribution in [2.24, 2.45) is 16.7 Å². The van der Waals surface area contributed by atoms with E-state index in [0.29, 0.717) is 37.8 Å². The minimum atomic E-state index is -4.22. The second-order valence-corrected chi connectivity index (χ2v) is 11.5. The number of likely N-dealkylation sites (tertiary alicyclic amines) is 2. The van der Waals surface area contributed by atoms with Crippen LogP contribution in [0.3, 0.4) is 0 Å². The third-order valence-corrected chi connectivity index (χ3v) is 8.89. The maximum atomic E-state index is 13.1. The number of hydrogen-bond donors (Lipinski definition) is 3. The molecule has 5 aliphatic rings. The lowest BCUT2D eigenvalue weighted by Crippen LogP contribution is -2.65. The van der Waals surface area contributed by atoms with Crippen molar-refractivity contribution in [1.82, 2.24) is 30.3 Å². The number of piperidine rings is 1. The van der Waals surface area contributed by atoms with Gasteiger partial charge >= 0.3 is 12.2 Å². The quantitative estimate of drug-likeness (QED) is 0.542. The second-order valence-electron chi connectivity index (χ2n) is 11.5. The van der Waals surface area contributed by atoms with Gasteiger partial charge in [0.1, 0.15) is 12.1 Å². The molecule has 3 aliphatic carbocycles. The zero-order chi connectivity index (χ0) is 23.7. The summed E-state index contributed by atoms with van der Waals surface area (Å²) < 4.78 is 39.3. The summed E-state index contributed by atoms with van der Waals surface area (Å²) >= 11 is 0. The van der Waals surface area contributed by atoms with Crippen LogP contribution in [0.1, 0.15) is 74.9 Å². The first kappa shape index (κ1) is 22.6. The summed E-state index contributed by atoms with van der Waals surface area (Å²) in [5, 5.41) is 20.6. The number of nitrogens with zero attached hydrogens (tertiary/aromatic N) is 4. The standard InChI is InChI=1S/C23H33F3N6O2/c24-23(25,26)22(5-6-22)11-27-19(33)15-3-7-31(8-4-15)20(34)32-12-21(13-32)9-16(10-21)18-28-17(29-30-18)14-1-2-14/h14-16,19,27,33H,1-13H2,(H,28,29,30). The Balaban J connectivity index is 0.918. The van der Waals surface area contributed by atoms with Crippen LogP contribution in [0.5, 0.6) is 0 Å². The molecule has 188 valence electrons. The molecule has 3 heterocycles. The lowest BCUT2D eigenvalue weighted by atomic mass is 9.57. The Morgan fingerprint density at radius 3 is 2.38 bits per heavy atom. The number of aliphatic hydroxyl groups excluding tert-OH is 1. The fourth-order valence-corrected chi connectivity index (χ4v) is 6.12. The Morgan fingerprint density at radius 2 is 1.79 bits per heavy atom. The molecular weight excluding hydrogens is 449 g/mol. The minimum Gasteiger partial charge on any atom is -0.378 e. The highest BCUT2D eigenvalue weighted by molar-refractivity contribution is 5.75. The molecule has 0 aromatic carbocycles. The topological polar surface area (TPSA) is 97.4 Å². The van der Waals surface area contributed by atoms with Gasteiger partial charge in [0.25, 0.3) is 0 Å². The molecule has 6 rings (SSSR count). The summed E-state index contributed by atoms with van der Waals surface area (Å²) in [5.74, 6) is 2.78. The van der Waals surface area contributed by atoms with Crippen LogP contribution in [-0.4, -0.2) is 81.2 Å². The normalized spacial score (nSPS) is 27.4. The smallest absolute Gasteiger partial charge is 0.378 e. The average Bonchev–Trinajstić information content (AvgIpc) is 3.68. The fourth-order valence-electron chi connectivity index (χ4n) is 6.12. The van der Waals surface area contributed by atoms with Crippen molar-refractivity contribution in [2.75, 3.05) is 32.7 Å². The number of rotatable bonds is 6. The minimum absolute atomic E-state index is 0.0397. The molecule has 5 fully saturated rings. The Hall–Kier alpha value is -1.88. The van der Waals surface area contributed by atoms with Crippen molar-refractivity contribution in [3.8, 4) is 0 Å². The molecule has 1 unspecified atom stereocenters. The summed E-state index contributed by atoms with van der Waals surface area (Å²) in [6.45, 7) is 2.36. The van der Waals surface area contributed by atoms with Crippen LogP contribution in [0, 0.1) is 16.7 Å². The number of H-pyrrole nitrogens is 1. The highest BCUT2D eigenvalue weighted by Gasteiger charge is 2.63. The zero-order valence-corrected chi connectivity index (χ0v) is 19.3. The van der Waals surface area contributed by atoms with Gasteiger partial charge in [0.2, 0.25) is 0 Å². The highest BCUT2D eigenvalue weighted by atomic mass is 19.4. The van der Waals surface area contributed by atoms with E-state index in [-0.39, 0.29) is 36.8 Å². The van der Waals surface area contributed by atoms with Gasteiger partial charge in [-0.3, -0.25) is 10.4 Å². The van der Waals surface area contributed by atoms with Crippen LogP contribution in [0.25, 0.3) is 0 Å². The number of amides is 2. The number of aliphatic hydroxyl groups is 1. The number of alkyl halides is 3. The van der Waals surface area contributed by atoms with Gasteiger partial charge < -0.3 is 14.9 Å². The number of carbonyl (C=O) groups excluding carboxylic acids is 1. The van der Waals surface area contributed by atoms with Crippen molar-refractivity contribution in [3.05, 3.63) is 11.6 Å². The van der Waals surface area contributed by atoms with Gasteiger partial charge in [0.15, 0.2) is 5.82 Å². The molecule has 2 amide bonds. The molecule has 1 aromatic heterocycles. The summed E-state index contributed by atoms with van der Waals surface area (Å²) in [7, 11) is 0. The van der Waals surface area contributed by atoms with Gasteiger partial charge in [-0.15, -0.1) is 0 Å². The van der Waals surface area contributed by atoms with Gasteiger partial charge in [0.05, 0.1) is 5.41 Å². The zero-order valence-electron chi connectivity index (χ0n) is 19.3. The molecule has 34 heavy (non-hydrogen) atoms. The molecule has 0 radical (unpaired) electrons. The van der Waals surface area contributed by atoms with Crippen molar-refractivity contribution in [2.45, 2.75) is 75.6 Å². The van der Waals surface area contributed by atoms with Crippen LogP contribution in [0.15, 0.2) is 0 Å². The summed E-state index contributed by atoms with van der Waals surface area (Å²) in [6.07, 6.45) is 0.698. The monoisotopic (exact) mass is 482 g/mol. The SMILES string of the molecule is O=C(N1CCC(C(O)NCC2(C(F)(F)F)CC2)CC1)N1CC2(CC(c3n[nH]c(C4CC4)n3)C2)C1. The van der Waals surface area contributed by atoms with Gasteiger partial charge in [-0.1, -0.05) is 0 Å². The van der Waals surface area contributed by atoms with E-state index >= 15 is 0 Å². The summed E-state index contributed by atoms with van der Waals surface area (Å²) in [6, 6.07) is 0.0397. The molecule has 11 heteroatoms. The number of hydrogen-bond acceptors (Lipinski definition) is 5. The predicted octanol–water partition coefficient (Wildman–Crippen LogP) is 2.94. The molecule has 0 bridgehead atoms. The number of aromatic amines is 1. The number of halogens is 3. The van der Waals surface area contributed by atoms with Crippen LogP contribution in [-0.2, 0) is 0 Å². The maximum Gasteiger partial charge on any atom is 0.395 e. The van der Waals surface area contributed by atoms with Crippen molar-refractivity contribution in [3.63, 3.8) is 0 Å². The van der Waals surface area contributed by atoms with Crippen molar-refractivity contribution >= 4 is 6.03 Å². The predicted molar refractivity (Wildman–Crippen MR) is 116 cm³/mol. The van der Waals surface area contributed by atoms with Crippen LogP contribution in [0.4, 0.5) is 18.0 Å². The molecule has 8 nitrogen and oxygen atoms in total. The molecule has 3 N–H and O–H groups in total. The lowest BCUT2D eigenvalue weighted by Gasteiger charge is -2.59. The average molecular weight is 483 g/mol. The summed E-state index contributed by atoms with van der Waals surface area (Å²) in [4.78, 5) is 21.3. The first-order valence-corrected chi connectivity index (χ1v) is 12.6. The molecule has 1 atom stereocenters. The Morgan fingerprint density at radius 1 is 1.12 bits per heavy atom. The van der Waals surface area contributed by atoms with E-state index in [1.165, 1.54) is 12.8 Å². The molecule has 2 aliphatic heterocycles. The molecule has 1 aromatic rings. The van der Waals surface area contributed by atoms with Crippen molar-refractivity contribution in [1.29, 1.82) is 0 Å². The molecule has 1 spiro atoms. The number of nitrogens with one attached hydrogen (secondary N) is 2. The van der Waals surface area contributed by atoms with E-state index in [2.05, 4.69) is 20.5 Å². The van der Waals surface area contributed by atoms with Crippen LogP contribution >= 0.6 is 0 Å². The van der Waals surface area contributed by atoms with E-state index in [4.69, 9.17) is 0 Å². The fraction of sp³-hybridized carbons (Fsp3) is 0.870. The number of aromatic nitrogens is 3. The van der Waals surface area contributed by atoms with E-state index in [9.17, 15) is 23.1 Å². The Kier molecular flexibility index (Phi) is 5.19. The largest absolute Gasteiger partial charge is 0.395 e. The van der Waals surface area contributed by atoms with Gasteiger partial charge in [-0.2, -0.15) is 18.3 Å². The van der Waals surface area contributed by atoms with Gasteiger partial charge in [-0.05, 0) is 51.4 Å². The summed E-state index contributed by atoms with van der Waals surface area (Å²) in [5.41, 5.74) is -1.46. The van der Waals surface area contributed by atoms with Gasteiger partial charge in [0, 0.05) is 55.9 Å². The molecular formula is C23H33F3N6O2. The Labute approximate surface area is 196 Å². The first-order chi connectivity index (χ1) is 16.2. The lowest BCUT2D eigenvalue weighted by molar-refractivity contribution is -0.187. The van der Waals surface area contributed by atoms with Crippen molar-refractivity contribution < 1.29 is 23.1 Å². The van der Waals surface area contributed by atoms with E-state index in [1.807, 2.05) is 9.80 Å². The number of urea groups is 1. The van der Waals surface area contributed by atoms with Crippen LogP contribution < -0.4 is 5.32 Å². The number of carbonyl (C=O) groups is 1. The third-order valence-electron chi connectivity index (χ3n) is 8.89. The van der Waals surface area contributed by atoms with E-state index in [1.54, 1.807) is 0 Å². The second kappa shape index (κ2) is 7.81. The van der Waals surface area contributed by atoms with E-state index < -0.39 is 17.8 Å². The Bertz CT molecular complexity index is 921. The van der Waals surface area contributed by atoms with Gasteiger partial charge in [-0.25, -0.2) is 9.78 Å². The molecule has 3 saturated carbocycles. The first-order valence-electron chi connectivity index (χ1n) is 12.6. The maximum absolute atomic E-state index is 13.1. The molecule has 2 saturated heterocycles.